The highest BCUT2D eigenvalue weighted by Crippen LogP contribution is 2.31. The van der Waals surface area contributed by atoms with E-state index >= 15 is 0 Å². The molecular weight excluding hydrogens is 244 g/mol. The minimum absolute atomic E-state index is 0.653. The van der Waals surface area contributed by atoms with E-state index in [9.17, 15) is 0 Å². The Morgan fingerprint density at radius 2 is 2.00 bits per heavy atom. The van der Waals surface area contributed by atoms with Gasteiger partial charge in [-0.2, -0.15) is 0 Å². The van der Waals surface area contributed by atoms with Crippen molar-refractivity contribution in [3.05, 3.63) is 35.4 Å². The molecule has 0 radical (unpaired) electrons. The van der Waals surface area contributed by atoms with Crippen LogP contribution >= 0.6 is 0 Å². The fraction of sp³-hybridized carbons (Fsp3) is 0.667. The Labute approximate surface area is 123 Å². The lowest BCUT2D eigenvalue weighted by Gasteiger charge is -2.43. The number of rotatable bonds is 2. The van der Waals surface area contributed by atoms with Gasteiger partial charge in [0, 0.05) is 38.1 Å². The van der Waals surface area contributed by atoms with Crippen LogP contribution in [0.1, 0.15) is 44.2 Å². The molecule has 0 aromatic heterocycles. The Hall–Kier alpha value is -0.860. The maximum Gasteiger partial charge on any atom is 0.0208 e. The van der Waals surface area contributed by atoms with Gasteiger partial charge in [0.15, 0.2) is 0 Å². The van der Waals surface area contributed by atoms with Gasteiger partial charge in [-0.05, 0) is 36.3 Å². The number of piperidine rings is 1. The van der Waals surface area contributed by atoms with Crippen molar-refractivity contribution < 1.29 is 0 Å². The molecule has 4 unspecified atom stereocenters. The van der Waals surface area contributed by atoms with Crippen molar-refractivity contribution in [2.45, 2.75) is 45.7 Å². The van der Waals surface area contributed by atoms with Crippen LogP contribution in [0.15, 0.2) is 24.3 Å². The summed E-state index contributed by atoms with van der Waals surface area (Å²) in [5.74, 6) is 2.32. The number of likely N-dealkylation sites (tertiary alicyclic amines) is 1. The molecule has 2 aliphatic rings. The smallest absolute Gasteiger partial charge is 0.0208 e. The molecule has 3 rings (SSSR count). The lowest BCUT2D eigenvalue weighted by molar-refractivity contribution is 0.0728. The van der Waals surface area contributed by atoms with Crippen molar-refractivity contribution >= 4 is 0 Å². The Morgan fingerprint density at radius 3 is 2.85 bits per heavy atom. The molecule has 110 valence electrons. The van der Waals surface area contributed by atoms with Gasteiger partial charge in [-0.15, -0.1) is 0 Å². The maximum atomic E-state index is 3.59. The largest absolute Gasteiger partial charge is 0.312 e. The van der Waals surface area contributed by atoms with Crippen molar-refractivity contribution in [2.24, 2.45) is 11.8 Å². The quantitative estimate of drug-likeness (QED) is 0.889. The zero-order valence-corrected chi connectivity index (χ0v) is 13.1. The van der Waals surface area contributed by atoms with Crippen LogP contribution in [0.25, 0.3) is 0 Å². The van der Waals surface area contributed by atoms with E-state index in [1.807, 2.05) is 0 Å². The van der Waals surface area contributed by atoms with Crippen molar-refractivity contribution in [3.63, 3.8) is 0 Å². The second-order valence-corrected chi connectivity index (χ2v) is 7.04. The minimum Gasteiger partial charge on any atom is -0.312 e. The summed E-state index contributed by atoms with van der Waals surface area (Å²) in [7, 11) is 0. The van der Waals surface area contributed by atoms with Crippen LogP contribution in [-0.2, 0) is 6.54 Å². The monoisotopic (exact) mass is 272 g/mol. The topological polar surface area (TPSA) is 15.3 Å². The third-order valence-electron chi connectivity index (χ3n) is 5.38. The van der Waals surface area contributed by atoms with E-state index < -0.39 is 0 Å². The fourth-order valence-corrected chi connectivity index (χ4v) is 4.10. The minimum atomic E-state index is 0.653. The lowest BCUT2D eigenvalue weighted by atomic mass is 9.84. The molecule has 1 aromatic carbocycles. The van der Waals surface area contributed by atoms with Crippen molar-refractivity contribution in [2.75, 3.05) is 19.6 Å². The normalized spacial score (nSPS) is 34.8. The van der Waals surface area contributed by atoms with E-state index in [0.717, 1.165) is 31.0 Å². The molecule has 0 saturated carbocycles. The number of hydrogen-bond donors (Lipinski definition) is 1. The number of hydrogen-bond acceptors (Lipinski definition) is 2. The second kappa shape index (κ2) is 5.87. The summed E-state index contributed by atoms with van der Waals surface area (Å²) in [5, 5.41) is 3.59. The van der Waals surface area contributed by atoms with Gasteiger partial charge in [0.25, 0.3) is 0 Å². The van der Waals surface area contributed by atoms with Gasteiger partial charge in [-0.1, -0.05) is 38.1 Å². The third kappa shape index (κ3) is 2.77. The first-order valence-electron chi connectivity index (χ1n) is 8.17. The molecular formula is C18H28N2. The molecule has 20 heavy (non-hydrogen) atoms. The first-order chi connectivity index (χ1) is 9.65. The van der Waals surface area contributed by atoms with Crippen LogP contribution < -0.4 is 5.32 Å². The van der Waals surface area contributed by atoms with Gasteiger partial charge >= 0.3 is 0 Å². The zero-order chi connectivity index (χ0) is 14.1. The SMILES string of the molecule is CC1CC(C)C(C)N(CC2CNCc3ccccc32)C1. The van der Waals surface area contributed by atoms with E-state index in [4.69, 9.17) is 0 Å². The van der Waals surface area contributed by atoms with E-state index in [-0.39, 0.29) is 0 Å². The molecule has 2 heterocycles. The van der Waals surface area contributed by atoms with E-state index in [1.165, 1.54) is 25.1 Å². The van der Waals surface area contributed by atoms with E-state index in [0.29, 0.717) is 5.92 Å². The third-order valence-corrected chi connectivity index (χ3v) is 5.38. The summed E-state index contributed by atoms with van der Waals surface area (Å²) in [6.45, 7) is 11.9. The van der Waals surface area contributed by atoms with Crippen LogP contribution in [0, 0.1) is 11.8 Å². The molecule has 0 aliphatic carbocycles. The van der Waals surface area contributed by atoms with Crippen LogP contribution in [0.4, 0.5) is 0 Å². The summed E-state index contributed by atoms with van der Waals surface area (Å²) in [5.41, 5.74) is 3.07. The molecule has 0 bridgehead atoms. The summed E-state index contributed by atoms with van der Waals surface area (Å²) in [6, 6.07) is 9.69. The number of nitrogens with one attached hydrogen (secondary N) is 1. The van der Waals surface area contributed by atoms with E-state index in [2.05, 4.69) is 55.3 Å². The van der Waals surface area contributed by atoms with Crippen molar-refractivity contribution in [1.29, 1.82) is 0 Å². The van der Waals surface area contributed by atoms with Gasteiger partial charge in [0.1, 0.15) is 0 Å². The second-order valence-electron chi connectivity index (χ2n) is 7.04. The highest BCUT2D eigenvalue weighted by Gasteiger charge is 2.31. The van der Waals surface area contributed by atoms with E-state index in [1.54, 1.807) is 5.56 Å². The summed E-state index contributed by atoms with van der Waals surface area (Å²) in [6.07, 6.45) is 1.39. The highest BCUT2D eigenvalue weighted by molar-refractivity contribution is 5.33. The average Bonchev–Trinajstić information content (AvgIpc) is 2.44. The van der Waals surface area contributed by atoms with Crippen LogP contribution in [0.5, 0.6) is 0 Å². The summed E-state index contributed by atoms with van der Waals surface area (Å²) >= 11 is 0. The molecule has 2 heteroatoms. The number of benzene rings is 1. The molecule has 0 amide bonds. The Bertz CT molecular complexity index is 456. The number of nitrogens with zero attached hydrogens (tertiary/aromatic N) is 1. The standard InChI is InChI=1S/C18H28N2/c1-13-8-14(2)15(3)20(11-13)12-17-10-19-9-16-6-4-5-7-18(16)17/h4-7,13-15,17,19H,8-12H2,1-3H3. The molecule has 4 atom stereocenters. The molecule has 0 spiro atoms. The van der Waals surface area contributed by atoms with Gasteiger partial charge in [-0.25, -0.2) is 0 Å². The summed E-state index contributed by atoms with van der Waals surface area (Å²) in [4.78, 5) is 2.73. The van der Waals surface area contributed by atoms with Crippen LogP contribution in [0.2, 0.25) is 0 Å². The predicted molar refractivity (Wildman–Crippen MR) is 84.9 cm³/mol. The molecule has 1 N–H and O–H groups in total. The molecule has 1 fully saturated rings. The first kappa shape index (κ1) is 14.1. The fourth-order valence-electron chi connectivity index (χ4n) is 4.10. The lowest BCUT2D eigenvalue weighted by Crippen LogP contribution is -2.48. The molecule has 1 aromatic rings. The Kier molecular flexibility index (Phi) is 4.13. The highest BCUT2D eigenvalue weighted by atomic mass is 15.2. The van der Waals surface area contributed by atoms with Gasteiger partial charge in [0.2, 0.25) is 0 Å². The van der Waals surface area contributed by atoms with Crippen LogP contribution in [0.3, 0.4) is 0 Å². The van der Waals surface area contributed by atoms with Crippen LogP contribution in [-0.4, -0.2) is 30.6 Å². The Morgan fingerprint density at radius 1 is 1.20 bits per heavy atom. The zero-order valence-electron chi connectivity index (χ0n) is 13.1. The average molecular weight is 272 g/mol. The van der Waals surface area contributed by atoms with Gasteiger partial charge in [0.05, 0.1) is 0 Å². The molecule has 2 aliphatic heterocycles. The van der Waals surface area contributed by atoms with Crippen molar-refractivity contribution in [3.8, 4) is 0 Å². The number of fused-ring (bicyclic) bond motifs is 1. The molecule has 1 saturated heterocycles. The Balaban J connectivity index is 1.75. The van der Waals surface area contributed by atoms with Crippen molar-refractivity contribution in [1.82, 2.24) is 10.2 Å². The summed E-state index contributed by atoms with van der Waals surface area (Å²) < 4.78 is 0. The van der Waals surface area contributed by atoms with Gasteiger partial charge < -0.3 is 5.32 Å². The predicted octanol–water partition coefficient (Wildman–Crippen LogP) is 3.24. The molecule has 2 nitrogen and oxygen atoms in total. The maximum absolute atomic E-state index is 3.59. The first-order valence-corrected chi connectivity index (χ1v) is 8.17. The van der Waals surface area contributed by atoms with Gasteiger partial charge in [-0.3, -0.25) is 4.90 Å².